The molecule has 124 valence electrons. The highest BCUT2D eigenvalue weighted by atomic mass is 35.5. The van der Waals surface area contributed by atoms with E-state index in [-0.39, 0.29) is 10.7 Å². The van der Waals surface area contributed by atoms with Gasteiger partial charge in [-0.2, -0.15) is 13.2 Å². The minimum atomic E-state index is -4.52. The van der Waals surface area contributed by atoms with Crippen LogP contribution in [0.4, 0.5) is 29.3 Å². The number of aromatic amines is 1. The van der Waals surface area contributed by atoms with E-state index in [2.05, 4.69) is 15.6 Å². The number of carbonyl (C=O) groups excluding carboxylic acids is 1. The Morgan fingerprint density at radius 3 is 2.54 bits per heavy atom. The number of benzene rings is 2. The molecule has 3 rings (SSSR count). The average Bonchev–Trinajstić information content (AvgIpc) is 2.98. The van der Waals surface area contributed by atoms with Gasteiger partial charge >= 0.3 is 12.2 Å². The van der Waals surface area contributed by atoms with Gasteiger partial charge in [-0.05, 0) is 36.4 Å². The van der Waals surface area contributed by atoms with E-state index in [0.29, 0.717) is 5.69 Å². The molecule has 1 heterocycles. The van der Waals surface area contributed by atoms with Crippen LogP contribution in [0.3, 0.4) is 0 Å². The normalized spacial score (nSPS) is 11.5. The number of fused-ring (bicyclic) bond motifs is 1. The van der Waals surface area contributed by atoms with Gasteiger partial charge in [0.2, 0.25) is 0 Å². The quantitative estimate of drug-likeness (QED) is 0.561. The van der Waals surface area contributed by atoms with Crippen LogP contribution >= 0.6 is 11.6 Å². The van der Waals surface area contributed by atoms with E-state index in [1.165, 1.54) is 0 Å². The van der Waals surface area contributed by atoms with Crippen LogP contribution in [0.25, 0.3) is 10.9 Å². The number of rotatable bonds is 2. The topological polar surface area (TPSA) is 56.9 Å². The van der Waals surface area contributed by atoms with Gasteiger partial charge in [-0.3, -0.25) is 0 Å². The zero-order valence-corrected chi connectivity index (χ0v) is 12.8. The van der Waals surface area contributed by atoms with Gasteiger partial charge in [0.05, 0.1) is 22.0 Å². The van der Waals surface area contributed by atoms with Crippen LogP contribution in [-0.4, -0.2) is 11.0 Å². The lowest BCUT2D eigenvalue weighted by atomic mass is 10.2. The summed E-state index contributed by atoms with van der Waals surface area (Å²) in [7, 11) is 0. The van der Waals surface area contributed by atoms with Crippen molar-refractivity contribution in [1.29, 1.82) is 0 Å². The van der Waals surface area contributed by atoms with Gasteiger partial charge < -0.3 is 15.6 Å². The smallest absolute Gasteiger partial charge is 0.361 e. The average molecular weight is 354 g/mol. The van der Waals surface area contributed by atoms with Crippen LogP contribution in [-0.2, 0) is 6.18 Å². The summed E-state index contributed by atoms with van der Waals surface area (Å²) in [5.41, 5.74) is 0.333. The van der Waals surface area contributed by atoms with Gasteiger partial charge in [0.1, 0.15) is 0 Å². The fourth-order valence-corrected chi connectivity index (χ4v) is 2.43. The third kappa shape index (κ3) is 3.30. The molecule has 0 bridgehead atoms. The summed E-state index contributed by atoms with van der Waals surface area (Å²) in [5.74, 6) is 0. The number of nitrogens with one attached hydrogen (secondary N) is 3. The van der Waals surface area contributed by atoms with Crippen LogP contribution in [0.1, 0.15) is 5.56 Å². The predicted octanol–water partition coefficient (Wildman–Crippen LogP) is 5.48. The number of hydrogen-bond acceptors (Lipinski definition) is 1. The van der Waals surface area contributed by atoms with Gasteiger partial charge in [0.15, 0.2) is 0 Å². The molecule has 24 heavy (non-hydrogen) atoms. The molecule has 0 saturated heterocycles. The molecule has 3 aromatic rings. The van der Waals surface area contributed by atoms with Gasteiger partial charge in [0.25, 0.3) is 0 Å². The van der Waals surface area contributed by atoms with E-state index in [4.69, 9.17) is 11.6 Å². The van der Waals surface area contributed by atoms with E-state index in [1.807, 2.05) is 6.07 Å². The van der Waals surface area contributed by atoms with Crippen LogP contribution in [0.2, 0.25) is 5.02 Å². The maximum absolute atomic E-state index is 12.7. The summed E-state index contributed by atoms with van der Waals surface area (Å²) in [6.45, 7) is 0. The van der Waals surface area contributed by atoms with Crippen molar-refractivity contribution in [3.8, 4) is 0 Å². The Balaban J connectivity index is 1.81. The highest BCUT2D eigenvalue weighted by molar-refractivity contribution is 6.33. The first kappa shape index (κ1) is 16.2. The molecule has 2 aromatic carbocycles. The molecule has 0 aliphatic carbocycles. The first-order valence-electron chi connectivity index (χ1n) is 6.85. The molecule has 0 radical (unpaired) electrons. The van der Waals surface area contributed by atoms with Crippen molar-refractivity contribution in [2.45, 2.75) is 6.18 Å². The first-order chi connectivity index (χ1) is 11.3. The monoisotopic (exact) mass is 353 g/mol. The van der Waals surface area contributed by atoms with E-state index >= 15 is 0 Å². The molecular formula is C16H11ClF3N3O. The van der Waals surface area contributed by atoms with E-state index in [0.717, 1.165) is 29.1 Å². The van der Waals surface area contributed by atoms with Gasteiger partial charge in [0, 0.05) is 17.1 Å². The van der Waals surface area contributed by atoms with Crippen molar-refractivity contribution in [3.63, 3.8) is 0 Å². The van der Waals surface area contributed by atoms with Crippen molar-refractivity contribution in [2.75, 3.05) is 10.6 Å². The van der Waals surface area contributed by atoms with Gasteiger partial charge in [-0.15, -0.1) is 0 Å². The first-order valence-corrected chi connectivity index (χ1v) is 7.23. The molecule has 0 unspecified atom stereocenters. The summed E-state index contributed by atoms with van der Waals surface area (Å²) in [6, 6.07) is 9.09. The molecule has 2 amide bonds. The molecular weight excluding hydrogens is 343 g/mol. The second-order valence-corrected chi connectivity index (χ2v) is 5.42. The molecule has 0 spiro atoms. The molecule has 4 nitrogen and oxygen atoms in total. The summed E-state index contributed by atoms with van der Waals surface area (Å²) in [5, 5.41) is 5.72. The number of amides is 2. The van der Waals surface area contributed by atoms with Crippen molar-refractivity contribution >= 4 is 39.9 Å². The highest BCUT2D eigenvalue weighted by Gasteiger charge is 2.31. The summed E-state index contributed by atoms with van der Waals surface area (Å²) in [6.07, 6.45) is -2.80. The fourth-order valence-electron chi connectivity index (χ4n) is 2.27. The van der Waals surface area contributed by atoms with Crippen molar-refractivity contribution in [2.24, 2.45) is 0 Å². The lowest BCUT2D eigenvalue weighted by Gasteiger charge is -2.12. The minimum Gasteiger partial charge on any atom is -0.361 e. The van der Waals surface area contributed by atoms with Crippen molar-refractivity contribution in [1.82, 2.24) is 4.98 Å². The molecule has 0 aliphatic rings. The lowest BCUT2D eigenvalue weighted by Crippen LogP contribution is -2.20. The number of halogens is 4. The Labute approximate surface area is 139 Å². The van der Waals surface area contributed by atoms with Crippen LogP contribution in [0.15, 0.2) is 48.7 Å². The van der Waals surface area contributed by atoms with Gasteiger partial charge in [-0.1, -0.05) is 17.7 Å². The van der Waals surface area contributed by atoms with Crippen LogP contribution in [0, 0.1) is 0 Å². The zero-order valence-electron chi connectivity index (χ0n) is 12.0. The maximum atomic E-state index is 12.7. The zero-order chi connectivity index (χ0) is 17.3. The Kier molecular flexibility index (Phi) is 4.11. The minimum absolute atomic E-state index is 0.0120. The highest BCUT2D eigenvalue weighted by Crippen LogP contribution is 2.34. The number of carbonyl (C=O) groups is 1. The Morgan fingerprint density at radius 2 is 1.79 bits per heavy atom. The summed E-state index contributed by atoms with van der Waals surface area (Å²) in [4.78, 5) is 15.1. The number of H-pyrrole nitrogens is 1. The van der Waals surface area contributed by atoms with Crippen molar-refractivity contribution in [3.05, 3.63) is 59.2 Å². The van der Waals surface area contributed by atoms with Crippen LogP contribution in [0.5, 0.6) is 0 Å². The SMILES string of the molecule is O=C(Nc1cc(C(F)(F)F)ccc1Cl)Nc1cccc2[nH]ccc12. The number of urea groups is 1. The van der Waals surface area contributed by atoms with Crippen LogP contribution < -0.4 is 10.6 Å². The molecule has 0 fully saturated rings. The third-order valence-corrected chi connectivity index (χ3v) is 3.71. The van der Waals surface area contributed by atoms with E-state index in [1.54, 1.807) is 24.4 Å². The Hall–Kier alpha value is -2.67. The van der Waals surface area contributed by atoms with Gasteiger partial charge in [-0.25, -0.2) is 4.79 Å². The third-order valence-electron chi connectivity index (χ3n) is 3.39. The largest absolute Gasteiger partial charge is 0.416 e. The molecule has 0 atom stereocenters. The number of alkyl halides is 3. The number of aromatic nitrogens is 1. The second kappa shape index (κ2) is 6.09. The second-order valence-electron chi connectivity index (χ2n) is 5.02. The predicted molar refractivity (Wildman–Crippen MR) is 87.4 cm³/mol. The number of hydrogen-bond donors (Lipinski definition) is 3. The Morgan fingerprint density at radius 1 is 1.04 bits per heavy atom. The number of anilines is 2. The summed E-state index contributed by atoms with van der Waals surface area (Å²) >= 11 is 5.86. The Bertz CT molecular complexity index is 905. The summed E-state index contributed by atoms with van der Waals surface area (Å²) < 4.78 is 38.2. The van der Waals surface area contributed by atoms with Crippen molar-refractivity contribution < 1.29 is 18.0 Å². The molecule has 0 aliphatic heterocycles. The lowest BCUT2D eigenvalue weighted by molar-refractivity contribution is -0.137. The molecule has 8 heteroatoms. The molecule has 3 N–H and O–H groups in total. The molecule has 0 saturated carbocycles. The fraction of sp³-hybridized carbons (Fsp3) is 0.0625. The van der Waals surface area contributed by atoms with E-state index in [9.17, 15) is 18.0 Å². The van der Waals surface area contributed by atoms with E-state index < -0.39 is 17.8 Å². The standard InChI is InChI=1S/C16H11ClF3N3O/c17-11-5-4-9(16(18,19)20)8-14(11)23-15(24)22-13-3-1-2-12-10(13)6-7-21-12/h1-8,21H,(H2,22,23,24). The molecule has 1 aromatic heterocycles. The maximum Gasteiger partial charge on any atom is 0.416 e.